The number of hydrogen-bond acceptors (Lipinski definition) is 8. The van der Waals surface area contributed by atoms with Crippen molar-refractivity contribution in [3.05, 3.63) is 67.8 Å². The van der Waals surface area contributed by atoms with Gasteiger partial charge in [0, 0.05) is 45.3 Å². The Bertz CT molecular complexity index is 1360. The van der Waals surface area contributed by atoms with Gasteiger partial charge < -0.3 is 10.0 Å². The first-order valence-electron chi connectivity index (χ1n) is 11.3. The Morgan fingerprint density at radius 3 is 2.47 bits per heavy atom. The molecule has 1 aromatic heterocycles. The number of carboxylic acid groups (broad SMARTS) is 1. The number of carbonyl (C=O) groups is 2. The van der Waals surface area contributed by atoms with Gasteiger partial charge in [-0.05, 0) is 24.1 Å². The Morgan fingerprint density at radius 2 is 1.86 bits per heavy atom. The predicted molar refractivity (Wildman–Crippen MR) is 143 cm³/mol. The number of rotatable bonds is 6. The molecule has 2 aliphatic heterocycles. The highest BCUT2D eigenvalue weighted by atomic mass is 32.2. The zero-order valence-electron chi connectivity index (χ0n) is 19.9. The van der Waals surface area contributed by atoms with Crippen LogP contribution in [0.4, 0.5) is 5.82 Å². The molecule has 11 heteroatoms. The van der Waals surface area contributed by atoms with Gasteiger partial charge in [-0.3, -0.25) is 28.8 Å². The van der Waals surface area contributed by atoms with Crippen LogP contribution in [-0.2, 0) is 23.2 Å². The first-order chi connectivity index (χ1) is 17.2. The molecule has 0 spiro atoms. The van der Waals surface area contributed by atoms with E-state index < -0.39 is 24.0 Å². The van der Waals surface area contributed by atoms with E-state index in [4.69, 9.17) is 17.3 Å². The minimum Gasteiger partial charge on any atom is -0.480 e. The molecule has 0 radical (unpaired) electrons. The zero-order chi connectivity index (χ0) is 26.0. The lowest BCUT2D eigenvalue weighted by molar-refractivity contribution is -0.140. The standard InChI is InChI=1S/C25H25N5O4S2/c1-16-18(12-20-24(34)30(15-21(31)32)25(35)36-20)22(27(2)23(33)19(16)13-26)29-10-8-28(9-11-29)14-17-6-4-3-5-7-17/h3-7,12H,8-11,14-15H2,1-2H3,(H,31,32). The topological polar surface area (TPSA) is 110 Å². The molecule has 1 N–H and O–H groups in total. The predicted octanol–water partition coefficient (Wildman–Crippen LogP) is 2.17. The molecule has 0 aliphatic carbocycles. The number of aliphatic carboxylic acids is 1. The van der Waals surface area contributed by atoms with E-state index in [-0.39, 0.29) is 14.8 Å². The number of nitriles is 1. The molecule has 186 valence electrons. The lowest BCUT2D eigenvalue weighted by Gasteiger charge is -2.37. The second kappa shape index (κ2) is 10.7. The first-order valence-corrected chi connectivity index (χ1v) is 12.6. The molecular formula is C25H25N5O4S2. The Kier molecular flexibility index (Phi) is 7.59. The van der Waals surface area contributed by atoms with Crippen molar-refractivity contribution in [1.29, 1.82) is 5.26 Å². The molecule has 1 aromatic carbocycles. The van der Waals surface area contributed by atoms with E-state index in [1.54, 1.807) is 20.0 Å². The third kappa shape index (κ3) is 5.06. The summed E-state index contributed by atoms with van der Waals surface area (Å²) in [5.41, 5.74) is 1.91. The van der Waals surface area contributed by atoms with Crippen LogP contribution in [0.1, 0.15) is 22.3 Å². The lowest BCUT2D eigenvalue weighted by Crippen LogP contribution is -2.48. The van der Waals surface area contributed by atoms with Crippen molar-refractivity contribution in [3.63, 3.8) is 0 Å². The highest BCUT2D eigenvalue weighted by molar-refractivity contribution is 8.26. The number of nitrogens with zero attached hydrogens (tertiary/aromatic N) is 5. The number of pyridine rings is 1. The molecule has 2 fully saturated rings. The van der Waals surface area contributed by atoms with Gasteiger partial charge >= 0.3 is 5.97 Å². The normalized spacial score (nSPS) is 17.6. The van der Waals surface area contributed by atoms with Crippen molar-refractivity contribution in [2.24, 2.45) is 7.05 Å². The van der Waals surface area contributed by atoms with Crippen LogP contribution in [0, 0.1) is 18.3 Å². The average Bonchev–Trinajstić information content (AvgIpc) is 3.11. The molecule has 36 heavy (non-hydrogen) atoms. The minimum absolute atomic E-state index is 0.0104. The number of carbonyl (C=O) groups excluding carboxylic acids is 1. The number of carboxylic acids is 1. The van der Waals surface area contributed by atoms with Crippen LogP contribution >= 0.6 is 24.0 Å². The number of amides is 1. The zero-order valence-corrected chi connectivity index (χ0v) is 21.6. The average molecular weight is 524 g/mol. The van der Waals surface area contributed by atoms with Gasteiger partial charge in [-0.15, -0.1) is 0 Å². The van der Waals surface area contributed by atoms with Gasteiger partial charge in [-0.2, -0.15) is 5.26 Å². The minimum atomic E-state index is -1.16. The molecule has 1 amide bonds. The van der Waals surface area contributed by atoms with Gasteiger partial charge in [-0.25, -0.2) is 0 Å². The molecular weight excluding hydrogens is 498 g/mol. The van der Waals surface area contributed by atoms with Crippen LogP contribution in [0.25, 0.3) is 6.08 Å². The van der Waals surface area contributed by atoms with E-state index in [9.17, 15) is 19.6 Å². The van der Waals surface area contributed by atoms with E-state index in [2.05, 4.69) is 21.9 Å². The molecule has 4 rings (SSSR count). The summed E-state index contributed by atoms with van der Waals surface area (Å²) in [5, 5.41) is 18.8. The maximum Gasteiger partial charge on any atom is 0.323 e. The first kappa shape index (κ1) is 25.6. The summed E-state index contributed by atoms with van der Waals surface area (Å²) < 4.78 is 1.62. The van der Waals surface area contributed by atoms with Gasteiger partial charge in [0.2, 0.25) is 0 Å². The SMILES string of the molecule is Cc1c(C=C2SC(=S)N(CC(=O)O)C2=O)c(N2CCN(Cc3ccccc3)CC2)n(C)c(=O)c1C#N. The molecule has 9 nitrogen and oxygen atoms in total. The summed E-state index contributed by atoms with van der Waals surface area (Å²) >= 11 is 6.24. The summed E-state index contributed by atoms with van der Waals surface area (Å²) in [7, 11) is 1.63. The maximum absolute atomic E-state index is 13.0. The summed E-state index contributed by atoms with van der Waals surface area (Å²) in [4.78, 5) is 42.8. The Labute approximate surface area is 218 Å². The highest BCUT2D eigenvalue weighted by Crippen LogP contribution is 2.35. The second-order valence-corrected chi connectivity index (χ2v) is 10.3. The molecule has 3 heterocycles. The van der Waals surface area contributed by atoms with Crippen molar-refractivity contribution in [3.8, 4) is 6.07 Å². The Balaban J connectivity index is 1.68. The van der Waals surface area contributed by atoms with Crippen molar-refractivity contribution >= 4 is 52.1 Å². The fraction of sp³-hybridized carbons (Fsp3) is 0.320. The Hall–Kier alpha value is -3.46. The van der Waals surface area contributed by atoms with Crippen molar-refractivity contribution in [1.82, 2.24) is 14.4 Å². The van der Waals surface area contributed by atoms with Crippen molar-refractivity contribution in [2.75, 3.05) is 37.6 Å². The molecule has 0 bridgehead atoms. The molecule has 2 aromatic rings. The summed E-state index contributed by atoms with van der Waals surface area (Å²) in [6.45, 7) is 4.88. The second-order valence-electron chi connectivity index (χ2n) is 8.62. The monoisotopic (exact) mass is 523 g/mol. The van der Waals surface area contributed by atoms with Crippen LogP contribution in [-0.4, -0.2) is 68.4 Å². The van der Waals surface area contributed by atoms with E-state index in [1.165, 1.54) is 10.1 Å². The number of piperazine rings is 1. The number of hydrogen-bond donors (Lipinski definition) is 1. The van der Waals surface area contributed by atoms with Crippen LogP contribution in [0.15, 0.2) is 40.0 Å². The number of aromatic nitrogens is 1. The van der Waals surface area contributed by atoms with Gasteiger partial charge in [0.05, 0.1) is 4.91 Å². The summed E-state index contributed by atoms with van der Waals surface area (Å²) in [5.74, 6) is -1.04. The van der Waals surface area contributed by atoms with Gasteiger partial charge in [-0.1, -0.05) is 54.3 Å². The smallest absolute Gasteiger partial charge is 0.323 e. The summed E-state index contributed by atoms with van der Waals surface area (Å²) in [6, 6.07) is 12.2. The van der Waals surface area contributed by atoms with E-state index >= 15 is 0 Å². The quantitative estimate of drug-likeness (QED) is 0.450. The largest absolute Gasteiger partial charge is 0.480 e. The van der Waals surface area contributed by atoms with E-state index in [0.29, 0.717) is 30.0 Å². The molecule has 2 saturated heterocycles. The maximum atomic E-state index is 13.0. The lowest BCUT2D eigenvalue weighted by atomic mass is 10.0. The fourth-order valence-electron chi connectivity index (χ4n) is 4.46. The number of benzene rings is 1. The number of anilines is 1. The fourth-order valence-corrected chi connectivity index (χ4v) is 5.69. The molecule has 0 saturated carbocycles. The van der Waals surface area contributed by atoms with Crippen molar-refractivity contribution in [2.45, 2.75) is 13.5 Å². The van der Waals surface area contributed by atoms with Gasteiger partial charge in [0.1, 0.15) is 28.3 Å². The van der Waals surface area contributed by atoms with Crippen LogP contribution in [0.3, 0.4) is 0 Å². The van der Waals surface area contributed by atoms with E-state index in [0.717, 1.165) is 36.3 Å². The molecule has 2 aliphatic rings. The highest BCUT2D eigenvalue weighted by Gasteiger charge is 2.34. The van der Waals surface area contributed by atoms with Crippen molar-refractivity contribution < 1.29 is 14.7 Å². The van der Waals surface area contributed by atoms with Crippen LogP contribution < -0.4 is 10.5 Å². The van der Waals surface area contributed by atoms with Gasteiger partial charge in [0.15, 0.2) is 0 Å². The van der Waals surface area contributed by atoms with Crippen LogP contribution in [0.2, 0.25) is 0 Å². The molecule has 0 atom stereocenters. The Morgan fingerprint density at radius 1 is 1.19 bits per heavy atom. The van der Waals surface area contributed by atoms with E-state index in [1.807, 2.05) is 24.3 Å². The third-order valence-electron chi connectivity index (χ3n) is 6.33. The number of thiocarbonyl (C=S) groups is 1. The van der Waals surface area contributed by atoms with Crippen LogP contribution in [0.5, 0.6) is 0 Å². The van der Waals surface area contributed by atoms with Gasteiger partial charge in [0.25, 0.3) is 11.5 Å². The number of thioether (sulfide) groups is 1. The molecule has 0 unspecified atom stereocenters. The summed E-state index contributed by atoms with van der Waals surface area (Å²) in [6.07, 6.45) is 1.63. The third-order valence-corrected chi connectivity index (χ3v) is 7.71.